The van der Waals surface area contributed by atoms with Crippen LogP contribution in [0.4, 0.5) is 0 Å². The van der Waals surface area contributed by atoms with Crippen molar-refractivity contribution in [2.75, 3.05) is 27.9 Å². The number of fused-ring (bicyclic) bond motifs is 3. The average Bonchev–Trinajstić information content (AvgIpc) is 3.17. The molecule has 11 nitrogen and oxygen atoms in total. The molecule has 0 aromatic heterocycles. The molecule has 11 heteroatoms. The van der Waals surface area contributed by atoms with Gasteiger partial charge in [0.15, 0.2) is 11.5 Å². The lowest BCUT2D eigenvalue weighted by Gasteiger charge is -2.43. The second-order valence-electron chi connectivity index (χ2n) is 16.3. The Hall–Kier alpha value is -3.54. The smallest absolute Gasteiger partial charge is 0.329 e. The Morgan fingerprint density at radius 2 is 1.69 bits per heavy atom. The zero-order chi connectivity index (χ0) is 40.4. The summed E-state index contributed by atoms with van der Waals surface area (Å²) in [6.07, 6.45) is 6.90. The number of phenolic OH excluding ortho intramolecular Hbond substituents is 1. The topological polar surface area (TPSA) is 138 Å². The van der Waals surface area contributed by atoms with Crippen molar-refractivity contribution in [3.63, 3.8) is 0 Å². The summed E-state index contributed by atoms with van der Waals surface area (Å²) in [6, 6.07) is 4.03. The maximum absolute atomic E-state index is 14.2. The van der Waals surface area contributed by atoms with Crippen molar-refractivity contribution in [1.29, 1.82) is 0 Å². The maximum atomic E-state index is 14.2. The van der Waals surface area contributed by atoms with Crippen LogP contribution in [0.25, 0.3) is 6.08 Å². The Balaban J connectivity index is 1.75. The molecule has 0 spiro atoms. The van der Waals surface area contributed by atoms with Gasteiger partial charge >= 0.3 is 5.97 Å². The van der Waals surface area contributed by atoms with Crippen LogP contribution in [-0.2, 0) is 38.1 Å². The number of aromatic hydroxyl groups is 1. The van der Waals surface area contributed by atoms with Crippen LogP contribution in [0.15, 0.2) is 35.4 Å². The molecule has 10 unspecified atom stereocenters. The fraction of sp³-hybridized carbons (Fsp3) is 0.682. The summed E-state index contributed by atoms with van der Waals surface area (Å²) < 4.78 is 30.1. The minimum absolute atomic E-state index is 0.00585. The number of hydrogen-bond acceptors (Lipinski definition) is 10. The third kappa shape index (κ3) is 11.3. The molecule has 1 amide bonds. The molecule has 1 aromatic carbocycles. The first-order valence-electron chi connectivity index (χ1n) is 20.2. The predicted molar refractivity (Wildman–Crippen MR) is 211 cm³/mol. The van der Waals surface area contributed by atoms with Crippen molar-refractivity contribution < 1.29 is 48.0 Å². The largest absolute Gasteiger partial charge is 0.504 e. The van der Waals surface area contributed by atoms with E-state index in [2.05, 4.69) is 26.8 Å². The van der Waals surface area contributed by atoms with Gasteiger partial charge in [-0.3, -0.25) is 14.4 Å². The Kier molecular flexibility index (Phi) is 16.5. The second-order valence-corrected chi connectivity index (χ2v) is 16.3. The van der Waals surface area contributed by atoms with E-state index < -0.39 is 48.1 Å². The van der Waals surface area contributed by atoms with E-state index in [9.17, 15) is 24.3 Å². The predicted octanol–water partition coefficient (Wildman–Crippen LogP) is 7.27. The average molecular weight is 768 g/mol. The van der Waals surface area contributed by atoms with Crippen LogP contribution >= 0.6 is 0 Å². The Bertz CT molecular complexity index is 1550. The quantitative estimate of drug-likeness (QED) is 0.171. The number of ether oxygens (including phenoxy) is 5. The lowest BCUT2D eigenvalue weighted by atomic mass is 9.84. The third-order valence-corrected chi connectivity index (χ3v) is 11.7. The van der Waals surface area contributed by atoms with Crippen molar-refractivity contribution in [3.8, 4) is 11.5 Å². The number of hydrogen-bond donors (Lipinski definition) is 1. The molecule has 0 saturated carbocycles. The number of piperidine rings is 1. The van der Waals surface area contributed by atoms with Gasteiger partial charge < -0.3 is 33.7 Å². The Morgan fingerprint density at radius 1 is 0.982 bits per heavy atom. The van der Waals surface area contributed by atoms with Gasteiger partial charge in [0.2, 0.25) is 5.78 Å². The van der Waals surface area contributed by atoms with Gasteiger partial charge in [0, 0.05) is 33.1 Å². The number of ketones is 2. The number of cyclic esters (lactones) is 1. The lowest BCUT2D eigenvalue weighted by molar-refractivity contribution is -0.199. The molecule has 2 saturated heterocycles. The first kappa shape index (κ1) is 44.2. The van der Waals surface area contributed by atoms with Crippen molar-refractivity contribution in [2.45, 2.75) is 142 Å². The Labute approximate surface area is 328 Å². The zero-order valence-electron chi connectivity index (χ0n) is 34.5. The van der Waals surface area contributed by atoms with Crippen LogP contribution in [-0.4, -0.2) is 97.9 Å². The van der Waals surface area contributed by atoms with Gasteiger partial charge in [-0.05, 0) is 106 Å². The number of carbonyl (C=O) groups is 4. The second kappa shape index (κ2) is 20.6. The van der Waals surface area contributed by atoms with E-state index in [0.717, 1.165) is 36.0 Å². The number of rotatable bonds is 7. The molecule has 55 heavy (non-hydrogen) atoms. The number of carbonyl (C=O) groups excluding carboxylic acids is 4. The SMILES string of the molecule is CCCC1/C=C(\C)CC(C)CC(OC)C2OC(C(=O)C(=O)N3CCCCC3C(=O)OC(/C(C)=C/c3ccc(O)c(OC)c3)C(C)CCC1=O)C(C)CC2OC. The van der Waals surface area contributed by atoms with Gasteiger partial charge in [0.25, 0.3) is 5.91 Å². The standard InChI is InChI=1S/C44H65NO10/c1-10-13-32-21-26(2)20-27(3)22-37(52-8)42-38(53-9)24-30(6)41(54-42)39(48)43(49)45-19-12-11-14-33(45)44(50)55-40(28(4)15-17-34(32)46)29(5)23-31-16-18-35(47)36(25-31)51-7/h16,18,21,23,25,27-28,30,32-33,37-38,40-42,47H,10-15,17,19-20,22,24H2,1-9H3/b26-21+,29-23+. The van der Waals surface area contributed by atoms with Crippen molar-refractivity contribution in [2.24, 2.45) is 23.7 Å². The Morgan fingerprint density at radius 3 is 2.36 bits per heavy atom. The highest BCUT2D eigenvalue weighted by Crippen LogP contribution is 2.35. The summed E-state index contributed by atoms with van der Waals surface area (Å²) in [5.74, 6) is -2.17. The number of amides is 1. The highest BCUT2D eigenvalue weighted by atomic mass is 16.6. The summed E-state index contributed by atoms with van der Waals surface area (Å²) in [4.78, 5) is 57.8. The number of allylic oxidation sites excluding steroid dienone is 2. The molecule has 0 radical (unpaired) electrons. The first-order valence-corrected chi connectivity index (χ1v) is 20.2. The molecule has 3 aliphatic heterocycles. The van der Waals surface area contributed by atoms with Crippen molar-refractivity contribution >= 4 is 29.5 Å². The molecule has 4 rings (SSSR count). The van der Waals surface area contributed by atoms with Gasteiger partial charge in [0.05, 0.1) is 19.3 Å². The van der Waals surface area contributed by atoms with Gasteiger partial charge in [0.1, 0.15) is 30.1 Å². The van der Waals surface area contributed by atoms with Crippen LogP contribution in [0.3, 0.4) is 0 Å². The lowest BCUT2D eigenvalue weighted by Crippen LogP contribution is -2.58. The number of phenols is 1. The molecule has 1 N–H and O–H groups in total. The maximum Gasteiger partial charge on any atom is 0.329 e. The van der Waals surface area contributed by atoms with E-state index in [0.29, 0.717) is 50.7 Å². The number of esters is 1. The van der Waals surface area contributed by atoms with E-state index in [4.69, 9.17) is 23.7 Å². The minimum Gasteiger partial charge on any atom is -0.504 e. The molecule has 3 aliphatic rings. The molecular weight excluding hydrogens is 702 g/mol. The molecule has 2 bridgehead atoms. The monoisotopic (exact) mass is 767 g/mol. The summed E-state index contributed by atoms with van der Waals surface area (Å²) in [7, 11) is 4.73. The first-order chi connectivity index (χ1) is 26.2. The van der Waals surface area contributed by atoms with Gasteiger partial charge in [-0.15, -0.1) is 0 Å². The third-order valence-electron chi connectivity index (χ3n) is 11.7. The van der Waals surface area contributed by atoms with Gasteiger partial charge in [-0.1, -0.05) is 57.9 Å². The van der Waals surface area contributed by atoms with Crippen LogP contribution < -0.4 is 4.74 Å². The number of benzene rings is 1. The number of Topliss-reactive ketones (excluding diaryl/α,β-unsaturated/α-hetero) is 2. The van der Waals surface area contributed by atoms with Crippen LogP contribution in [0.1, 0.15) is 111 Å². The highest BCUT2D eigenvalue weighted by Gasteiger charge is 2.47. The summed E-state index contributed by atoms with van der Waals surface area (Å²) in [6.45, 7) is 12.3. The molecule has 0 aliphatic carbocycles. The molecule has 306 valence electrons. The molecular formula is C44H65NO10. The van der Waals surface area contributed by atoms with Crippen LogP contribution in [0.5, 0.6) is 11.5 Å². The number of methoxy groups -OCH3 is 3. The van der Waals surface area contributed by atoms with Crippen LogP contribution in [0, 0.1) is 23.7 Å². The zero-order valence-corrected chi connectivity index (χ0v) is 34.5. The summed E-state index contributed by atoms with van der Waals surface area (Å²) in [5, 5.41) is 10.2. The van der Waals surface area contributed by atoms with E-state index in [1.165, 1.54) is 12.0 Å². The summed E-state index contributed by atoms with van der Waals surface area (Å²) >= 11 is 0. The van der Waals surface area contributed by atoms with Crippen molar-refractivity contribution in [3.05, 3.63) is 41.0 Å². The van der Waals surface area contributed by atoms with Gasteiger partial charge in [-0.2, -0.15) is 0 Å². The molecule has 10 atom stereocenters. The van der Waals surface area contributed by atoms with E-state index in [1.54, 1.807) is 32.4 Å². The minimum atomic E-state index is -1.02. The summed E-state index contributed by atoms with van der Waals surface area (Å²) in [5.41, 5.74) is 2.59. The van der Waals surface area contributed by atoms with Crippen molar-refractivity contribution in [1.82, 2.24) is 4.90 Å². The van der Waals surface area contributed by atoms with E-state index in [1.807, 2.05) is 26.8 Å². The molecule has 1 aromatic rings. The fourth-order valence-corrected chi connectivity index (χ4v) is 8.73. The normalized spacial score (nSPS) is 33.5. The van der Waals surface area contributed by atoms with Crippen LogP contribution in [0.2, 0.25) is 0 Å². The number of nitrogens with zero attached hydrogens (tertiary/aromatic N) is 1. The molecule has 3 heterocycles. The van der Waals surface area contributed by atoms with E-state index >= 15 is 0 Å². The highest BCUT2D eigenvalue weighted by molar-refractivity contribution is 6.38. The fourth-order valence-electron chi connectivity index (χ4n) is 8.73. The van der Waals surface area contributed by atoms with Gasteiger partial charge in [-0.25, -0.2) is 4.79 Å². The molecule has 2 fully saturated rings. The van der Waals surface area contributed by atoms with E-state index in [-0.39, 0.29) is 47.9 Å².